The number of imide groups is 1. The fourth-order valence-electron chi connectivity index (χ4n) is 2.55. The second-order valence-corrected chi connectivity index (χ2v) is 5.90. The SMILES string of the molecule is CCCCOCC1C(=O)NC(=O)N1CCCCCCC(=O)OCC. The summed E-state index contributed by atoms with van der Waals surface area (Å²) in [6, 6.07) is -0.857. The monoisotopic (exact) mass is 342 g/mol. The van der Waals surface area contributed by atoms with Crippen molar-refractivity contribution in [2.45, 2.75) is 64.8 Å². The maximum Gasteiger partial charge on any atom is 0.324 e. The maximum atomic E-state index is 11.8. The smallest absolute Gasteiger partial charge is 0.324 e. The molecule has 1 aliphatic heterocycles. The summed E-state index contributed by atoms with van der Waals surface area (Å²) in [5.41, 5.74) is 0. The first-order chi connectivity index (χ1) is 11.6. The Hall–Kier alpha value is -1.63. The molecule has 1 saturated heterocycles. The van der Waals surface area contributed by atoms with Gasteiger partial charge in [-0.3, -0.25) is 14.9 Å². The van der Waals surface area contributed by atoms with Gasteiger partial charge in [0.15, 0.2) is 0 Å². The Morgan fingerprint density at radius 3 is 2.58 bits per heavy atom. The van der Waals surface area contributed by atoms with Crippen LogP contribution in [0.5, 0.6) is 0 Å². The third kappa shape index (κ3) is 7.29. The molecule has 1 atom stereocenters. The molecule has 1 heterocycles. The molecule has 138 valence electrons. The van der Waals surface area contributed by atoms with E-state index >= 15 is 0 Å². The summed E-state index contributed by atoms with van der Waals surface area (Å²) in [6.07, 6.45) is 5.81. The number of hydrogen-bond acceptors (Lipinski definition) is 5. The van der Waals surface area contributed by atoms with Crippen molar-refractivity contribution >= 4 is 17.9 Å². The number of carbonyl (C=O) groups is 3. The summed E-state index contributed by atoms with van der Waals surface area (Å²) in [5, 5.41) is 2.35. The van der Waals surface area contributed by atoms with E-state index in [0.29, 0.717) is 26.2 Å². The molecule has 0 aromatic heterocycles. The molecule has 0 bridgehead atoms. The first-order valence-corrected chi connectivity index (χ1v) is 8.95. The highest BCUT2D eigenvalue weighted by Crippen LogP contribution is 2.13. The fourth-order valence-corrected chi connectivity index (χ4v) is 2.55. The summed E-state index contributed by atoms with van der Waals surface area (Å²) >= 11 is 0. The normalized spacial score (nSPS) is 17.2. The molecule has 0 aromatic carbocycles. The summed E-state index contributed by atoms with van der Waals surface area (Å²) in [7, 11) is 0. The van der Waals surface area contributed by atoms with Crippen LogP contribution >= 0.6 is 0 Å². The number of ether oxygens (including phenoxy) is 2. The lowest BCUT2D eigenvalue weighted by Crippen LogP contribution is -2.39. The quantitative estimate of drug-likeness (QED) is 0.315. The van der Waals surface area contributed by atoms with Crippen molar-refractivity contribution in [2.24, 2.45) is 0 Å². The Morgan fingerprint density at radius 2 is 1.88 bits per heavy atom. The third-order valence-corrected chi connectivity index (χ3v) is 3.92. The minimum atomic E-state index is -0.520. The molecule has 0 spiro atoms. The van der Waals surface area contributed by atoms with Gasteiger partial charge in [0.05, 0.1) is 13.2 Å². The van der Waals surface area contributed by atoms with Gasteiger partial charge in [-0.15, -0.1) is 0 Å². The lowest BCUT2D eigenvalue weighted by molar-refractivity contribution is -0.143. The minimum Gasteiger partial charge on any atom is -0.466 e. The molecule has 7 heteroatoms. The van der Waals surface area contributed by atoms with Crippen LogP contribution in [-0.2, 0) is 19.1 Å². The molecule has 1 rings (SSSR count). The molecule has 1 unspecified atom stereocenters. The summed E-state index contributed by atoms with van der Waals surface area (Å²) in [4.78, 5) is 36.4. The molecular formula is C17H30N2O5. The molecular weight excluding hydrogens is 312 g/mol. The van der Waals surface area contributed by atoms with Crippen molar-refractivity contribution in [3.05, 3.63) is 0 Å². The molecule has 1 fully saturated rings. The zero-order valence-corrected chi connectivity index (χ0v) is 14.8. The van der Waals surface area contributed by atoms with E-state index in [-0.39, 0.29) is 24.5 Å². The topological polar surface area (TPSA) is 84.9 Å². The molecule has 7 nitrogen and oxygen atoms in total. The third-order valence-electron chi connectivity index (χ3n) is 3.92. The van der Waals surface area contributed by atoms with Gasteiger partial charge < -0.3 is 14.4 Å². The van der Waals surface area contributed by atoms with Gasteiger partial charge in [0, 0.05) is 19.6 Å². The first-order valence-electron chi connectivity index (χ1n) is 8.95. The van der Waals surface area contributed by atoms with E-state index in [1.807, 2.05) is 0 Å². The fraction of sp³-hybridized carbons (Fsp3) is 0.824. The van der Waals surface area contributed by atoms with E-state index in [4.69, 9.17) is 9.47 Å². The van der Waals surface area contributed by atoms with E-state index in [1.165, 1.54) is 0 Å². The van der Waals surface area contributed by atoms with Gasteiger partial charge in [-0.05, 0) is 26.2 Å². The van der Waals surface area contributed by atoms with Crippen LogP contribution in [0.3, 0.4) is 0 Å². The average molecular weight is 342 g/mol. The van der Waals surface area contributed by atoms with E-state index in [0.717, 1.165) is 38.5 Å². The predicted octanol–water partition coefficient (Wildman–Crippen LogP) is 2.24. The highest BCUT2D eigenvalue weighted by Gasteiger charge is 2.37. The summed E-state index contributed by atoms with van der Waals surface area (Å²) < 4.78 is 10.4. The van der Waals surface area contributed by atoms with Gasteiger partial charge in [-0.2, -0.15) is 0 Å². The lowest BCUT2D eigenvalue weighted by Gasteiger charge is -2.21. The minimum absolute atomic E-state index is 0.161. The van der Waals surface area contributed by atoms with Gasteiger partial charge in [0.1, 0.15) is 6.04 Å². The molecule has 0 radical (unpaired) electrons. The molecule has 1 N–H and O–H groups in total. The highest BCUT2D eigenvalue weighted by molar-refractivity contribution is 6.04. The number of rotatable bonds is 13. The standard InChI is InChI=1S/C17H30N2O5/c1-3-5-12-23-13-14-16(21)18-17(22)19(14)11-9-7-6-8-10-15(20)24-4-2/h14H,3-13H2,1-2H3,(H,18,21,22). The van der Waals surface area contributed by atoms with E-state index in [2.05, 4.69) is 12.2 Å². The number of esters is 1. The van der Waals surface area contributed by atoms with Crippen molar-refractivity contribution in [1.82, 2.24) is 10.2 Å². The zero-order valence-electron chi connectivity index (χ0n) is 14.8. The molecule has 0 aliphatic carbocycles. The van der Waals surface area contributed by atoms with Crippen LogP contribution in [0.1, 0.15) is 58.8 Å². The first kappa shape index (κ1) is 20.4. The Balaban J connectivity index is 2.22. The van der Waals surface area contributed by atoms with E-state index in [1.54, 1.807) is 11.8 Å². The average Bonchev–Trinajstić information content (AvgIpc) is 2.81. The summed E-state index contributed by atoms with van der Waals surface area (Å²) in [5.74, 6) is -0.440. The number of urea groups is 1. The number of nitrogens with one attached hydrogen (secondary N) is 1. The number of carbonyl (C=O) groups excluding carboxylic acids is 3. The van der Waals surface area contributed by atoms with Gasteiger partial charge >= 0.3 is 12.0 Å². The van der Waals surface area contributed by atoms with Crippen molar-refractivity contribution in [3.8, 4) is 0 Å². The summed E-state index contributed by atoms with van der Waals surface area (Å²) in [6.45, 7) is 5.67. The van der Waals surface area contributed by atoms with Crippen molar-refractivity contribution in [2.75, 3.05) is 26.4 Å². The van der Waals surface area contributed by atoms with E-state index < -0.39 is 6.04 Å². The van der Waals surface area contributed by atoms with Gasteiger partial charge in [0.2, 0.25) is 0 Å². The Bertz CT molecular complexity index is 414. The highest BCUT2D eigenvalue weighted by atomic mass is 16.5. The number of amides is 3. The van der Waals surface area contributed by atoms with Crippen molar-refractivity contribution in [3.63, 3.8) is 0 Å². The van der Waals surface area contributed by atoms with E-state index in [9.17, 15) is 14.4 Å². The number of unbranched alkanes of at least 4 members (excludes halogenated alkanes) is 4. The largest absolute Gasteiger partial charge is 0.466 e. The molecule has 1 aliphatic rings. The maximum absolute atomic E-state index is 11.8. The Morgan fingerprint density at radius 1 is 1.12 bits per heavy atom. The van der Waals surface area contributed by atoms with Gasteiger partial charge in [-0.1, -0.05) is 26.2 Å². The molecule has 3 amide bonds. The van der Waals surface area contributed by atoms with Crippen molar-refractivity contribution in [1.29, 1.82) is 0 Å². The zero-order chi connectivity index (χ0) is 17.8. The van der Waals surface area contributed by atoms with Crippen LogP contribution in [0.25, 0.3) is 0 Å². The van der Waals surface area contributed by atoms with Crippen LogP contribution < -0.4 is 5.32 Å². The van der Waals surface area contributed by atoms with Crippen LogP contribution in [-0.4, -0.2) is 55.2 Å². The molecule has 24 heavy (non-hydrogen) atoms. The second kappa shape index (κ2) is 11.8. The Kier molecular flexibility index (Phi) is 10.1. The Labute approximate surface area is 144 Å². The number of hydrogen-bond donors (Lipinski definition) is 1. The molecule has 0 aromatic rings. The predicted molar refractivity (Wildman–Crippen MR) is 89.5 cm³/mol. The van der Waals surface area contributed by atoms with Crippen LogP contribution in [0.2, 0.25) is 0 Å². The van der Waals surface area contributed by atoms with Crippen LogP contribution in [0.4, 0.5) is 4.79 Å². The van der Waals surface area contributed by atoms with Gasteiger partial charge in [-0.25, -0.2) is 4.79 Å². The molecule has 0 saturated carbocycles. The van der Waals surface area contributed by atoms with Crippen LogP contribution in [0, 0.1) is 0 Å². The lowest BCUT2D eigenvalue weighted by atomic mass is 10.1. The van der Waals surface area contributed by atoms with Crippen molar-refractivity contribution < 1.29 is 23.9 Å². The van der Waals surface area contributed by atoms with Crippen LogP contribution in [0.15, 0.2) is 0 Å². The number of nitrogens with zero attached hydrogens (tertiary/aromatic N) is 1. The second-order valence-electron chi connectivity index (χ2n) is 5.90. The van der Waals surface area contributed by atoms with Gasteiger partial charge in [0.25, 0.3) is 5.91 Å².